The molecule has 1 aliphatic rings. The first-order valence-electron chi connectivity index (χ1n) is 6.76. The van der Waals surface area contributed by atoms with Crippen molar-refractivity contribution in [1.82, 2.24) is 5.32 Å². The van der Waals surface area contributed by atoms with Crippen LogP contribution in [0.5, 0.6) is 5.75 Å². The van der Waals surface area contributed by atoms with Gasteiger partial charge in [-0.05, 0) is 30.7 Å². The van der Waals surface area contributed by atoms with Crippen molar-refractivity contribution >= 4 is 11.6 Å². The number of rotatable bonds is 5. The lowest BCUT2D eigenvalue weighted by Gasteiger charge is -2.23. The quantitative estimate of drug-likeness (QED) is 0.879. The van der Waals surface area contributed by atoms with E-state index in [1.165, 1.54) is 6.07 Å². The van der Waals surface area contributed by atoms with E-state index in [4.69, 9.17) is 4.74 Å². The van der Waals surface area contributed by atoms with Gasteiger partial charge in [-0.3, -0.25) is 4.79 Å². The highest BCUT2D eigenvalue weighted by molar-refractivity contribution is 5.95. The van der Waals surface area contributed by atoms with Crippen LogP contribution in [-0.2, 0) is 4.79 Å². The van der Waals surface area contributed by atoms with E-state index in [-0.39, 0.29) is 12.5 Å². The second-order valence-corrected chi connectivity index (χ2v) is 4.92. The smallest absolute Gasteiger partial charge is 0.390 e. The number of alkyl halides is 3. The number of carbonyl (C=O) groups excluding carboxylic acids is 1. The number of halogens is 3. The second-order valence-electron chi connectivity index (χ2n) is 4.92. The molecule has 0 saturated heterocycles. The van der Waals surface area contributed by atoms with Gasteiger partial charge in [-0.2, -0.15) is 13.2 Å². The Balaban J connectivity index is 2.22. The molecule has 1 amide bonds. The summed E-state index contributed by atoms with van der Waals surface area (Å²) in [6.07, 6.45) is -4.49. The number of hydrogen-bond acceptors (Lipinski definition) is 3. The van der Waals surface area contributed by atoms with Crippen LogP contribution in [0.25, 0.3) is 0 Å². The first-order chi connectivity index (χ1) is 9.89. The van der Waals surface area contributed by atoms with Gasteiger partial charge in [0.15, 0.2) is 6.61 Å². The third-order valence-electron chi connectivity index (χ3n) is 3.12. The Bertz CT molecular complexity index is 517. The molecule has 7 heteroatoms. The van der Waals surface area contributed by atoms with Crippen molar-refractivity contribution in [2.45, 2.75) is 32.0 Å². The Morgan fingerprint density at radius 3 is 2.86 bits per heavy atom. The summed E-state index contributed by atoms with van der Waals surface area (Å²) in [5, 5.41) is 5.49. The fourth-order valence-electron chi connectivity index (χ4n) is 2.18. The number of hydrogen-bond donors (Lipinski definition) is 2. The highest BCUT2D eigenvalue weighted by atomic mass is 19.4. The van der Waals surface area contributed by atoms with E-state index < -0.39 is 18.6 Å². The minimum absolute atomic E-state index is 0.0770. The van der Waals surface area contributed by atoms with Gasteiger partial charge in [0.25, 0.3) is 5.91 Å². The number of fused-ring (bicyclic) bond motifs is 1. The van der Waals surface area contributed by atoms with Crippen LogP contribution >= 0.6 is 0 Å². The van der Waals surface area contributed by atoms with Crippen LogP contribution < -0.4 is 15.4 Å². The van der Waals surface area contributed by atoms with Gasteiger partial charge in [0.2, 0.25) is 0 Å². The summed E-state index contributed by atoms with van der Waals surface area (Å²) in [7, 11) is 0. The van der Waals surface area contributed by atoms with Crippen molar-refractivity contribution in [3.63, 3.8) is 0 Å². The molecule has 1 aromatic rings. The summed E-state index contributed by atoms with van der Waals surface area (Å²) in [4.78, 5) is 11.3. The first kappa shape index (κ1) is 15.6. The van der Waals surface area contributed by atoms with E-state index in [9.17, 15) is 18.0 Å². The summed E-state index contributed by atoms with van der Waals surface area (Å²) in [6, 6.07) is 3.87. The summed E-state index contributed by atoms with van der Waals surface area (Å²) in [6.45, 7) is 2.30. The van der Waals surface area contributed by atoms with Crippen LogP contribution in [-0.4, -0.2) is 25.2 Å². The third-order valence-corrected chi connectivity index (χ3v) is 3.12. The number of anilines is 1. The van der Waals surface area contributed by atoms with Crippen LogP contribution in [0.1, 0.15) is 31.4 Å². The summed E-state index contributed by atoms with van der Waals surface area (Å²) in [5.41, 5.74) is 0.888. The molecule has 0 fully saturated rings. The van der Waals surface area contributed by atoms with Crippen molar-refractivity contribution in [2.75, 3.05) is 18.5 Å². The molecule has 0 aromatic heterocycles. The molecule has 0 aliphatic carbocycles. The lowest BCUT2D eigenvalue weighted by atomic mass is 10.0. The predicted molar refractivity (Wildman–Crippen MR) is 72.3 cm³/mol. The lowest BCUT2D eigenvalue weighted by molar-refractivity contribution is -0.140. The molecule has 0 bridgehead atoms. The third kappa shape index (κ3) is 4.35. The molecular formula is C14H17F3N2O2. The Morgan fingerprint density at radius 1 is 1.43 bits per heavy atom. The number of nitrogens with one attached hydrogen (secondary N) is 2. The van der Waals surface area contributed by atoms with Gasteiger partial charge in [0.1, 0.15) is 5.75 Å². The highest BCUT2D eigenvalue weighted by Crippen LogP contribution is 2.34. The van der Waals surface area contributed by atoms with Crippen molar-refractivity contribution in [1.29, 1.82) is 0 Å². The zero-order valence-corrected chi connectivity index (χ0v) is 11.6. The number of carbonyl (C=O) groups is 1. The minimum Gasteiger partial charge on any atom is -0.482 e. The molecule has 0 spiro atoms. The molecule has 4 nitrogen and oxygen atoms in total. The Morgan fingerprint density at radius 2 is 2.19 bits per heavy atom. The average molecular weight is 302 g/mol. The highest BCUT2D eigenvalue weighted by Gasteiger charge is 2.32. The van der Waals surface area contributed by atoms with Gasteiger partial charge in [-0.15, -0.1) is 0 Å². The zero-order valence-electron chi connectivity index (χ0n) is 11.6. The molecule has 0 saturated carbocycles. The molecule has 2 N–H and O–H groups in total. The van der Waals surface area contributed by atoms with Gasteiger partial charge >= 0.3 is 6.18 Å². The number of ether oxygens (including phenoxy) is 1. The van der Waals surface area contributed by atoms with Crippen LogP contribution in [0, 0.1) is 0 Å². The molecule has 1 atom stereocenters. The van der Waals surface area contributed by atoms with E-state index in [1.807, 2.05) is 6.92 Å². The van der Waals surface area contributed by atoms with E-state index in [1.54, 1.807) is 12.1 Å². The topological polar surface area (TPSA) is 50.4 Å². The van der Waals surface area contributed by atoms with E-state index in [0.717, 1.165) is 6.42 Å². The molecule has 116 valence electrons. The fraction of sp³-hybridized carbons (Fsp3) is 0.500. The SMILES string of the molecule is CCCNC(CC(F)(F)F)c1ccc2c(c1)NC(=O)CO2. The molecule has 1 heterocycles. The van der Waals surface area contributed by atoms with Crippen LogP contribution in [0.3, 0.4) is 0 Å². The molecule has 0 radical (unpaired) electrons. The Labute approximate surface area is 120 Å². The molecule has 1 unspecified atom stereocenters. The van der Waals surface area contributed by atoms with Crippen molar-refractivity contribution in [2.24, 2.45) is 0 Å². The normalized spacial score (nSPS) is 15.9. The Hall–Kier alpha value is -1.76. The first-order valence-corrected chi connectivity index (χ1v) is 6.76. The summed E-state index contributed by atoms with van der Waals surface area (Å²) in [5.74, 6) is 0.160. The number of benzene rings is 1. The molecule has 21 heavy (non-hydrogen) atoms. The van der Waals surface area contributed by atoms with E-state index in [0.29, 0.717) is 23.5 Å². The summed E-state index contributed by atoms with van der Waals surface area (Å²) >= 11 is 0. The standard InChI is InChI=1S/C14H17F3N2O2/c1-2-5-18-11(7-14(15,16)17)9-3-4-12-10(6-9)19-13(20)8-21-12/h3-4,6,11,18H,2,5,7-8H2,1H3,(H,19,20). The van der Waals surface area contributed by atoms with Crippen molar-refractivity contribution < 1.29 is 22.7 Å². The maximum Gasteiger partial charge on any atom is 0.390 e. The van der Waals surface area contributed by atoms with Gasteiger partial charge in [0.05, 0.1) is 12.1 Å². The summed E-state index contributed by atoms with van der Waals surface area (Å²) < 4.78 is 43.3. The molecule has 1 aromatic carbocycles. The van der Waals surface area contributed by atoms with Gasteiger partial charge < -0.3 is 15.4 Å². The monoisotopic (exact) mass is 302 g/mol. The van der Waals surface area contributed by atoms with E-state index in [2.05, 4.69) is 10.6 Å². The van der Waals surface area contributed by atoms with Crippen molar-refractivity contribution in [3.05, 3.63) is 23.8 Å². The van der Waals surface area contributed by atoms with Gasteiger partial charge in [-0.25, -0.2) is 0 Å². The second kappa shape index (κ2) is 6.34. The predicted octanol–water partition coefficient (Wildman–Crippen LogP) is 3.01. The van der Waals surface area contributed by atoms with E-state index >= 15 is 0 Å². The van der Waals surface area contributed by atoms with Gasteiger partial charge in [0, 0.05) is 6.04 Å². The maximum atomic E-state index is 12.7. The largest absolute Gasteiger partial charge is 0.482 e. The lowest BCUT2D eigenvalue weighted by Crippen LogP contribution is -2.28. The fourth-order valence-corrected chi connectivity index (χ4v) is 2.18. The van der Waals surface area contributed by atoms with Crippen LogP contribution in [0.15, 0.2) is 18.2 Å². The van der Waals surface area contributed by atoms with Crippen LogP contribution in [0.4, 0.5) is 18.9 Å². The Kier molecular flexibility index (Phi) is 4.72. The minimum atomic E-state index is -4.26. The molecule has 1 aliphatic heterocycles. The van der Waals surface area contributed by atoms with Crippen molar-refractivity contribution in [3.8, 4) is 5.75 Å². The molecular weight excluding hydrogens is 285 g/mol. The maximum absolute atomic E-state index is 12.7. The zero-order chi connectivity index (χ0) is 15.5. The van der Waals surface area contributed by atoms with Crippen LogP contribution in [0.2, 0.25) is 0 Å². The van der Waals surface area contributed by atoms with Gasteiger partial charge in [-0.1, -0.05) is 13.0 Å². The average Bonchev–Trinajstić information content (AvgIpc) is 2.41. The number of amides is 1. The molecule has 2 rings (SSSR count).